The van der Waals surface area contributed by atoms with E-state index in [9.17, 15) is 4.79 Å². The quantitative estimate of drug-likeness (QED) is 0.663. The summed E-state index contributed by atoms with van der Waals surface area (Å²) in [5.74, 6) is 1.24. The summed E-state index contributed by atoms with van der Waals surface area (Å²) in [5.41, 5.74) is 2.64. The topological polar surface area (TPSA) is 55.6 Å². The fourth-order valence-electron chi connectivity index (χ4n) is 3.40. The smallest absolute Gasteiger partial charge is 0.247 e. The monoisotopic (exact) mass is 348 g/mol. The lowest BCUT2D eigenvalue weighted by Gasteiger charge is -2.24. The van der Waals surface area contributed by atoms with Crippen LogP contribution in [0.2, 0.25) is 0 Å². The van der Waals surface area contributed by atoms with Crippen molar-refractivity contribution in [3.63, 3.8) is 0 Å². The Labute approximate surface area is 151 Å². The van der Waals surface area contributed by atoms with Gasteiger partial charge >= 0.3 is 0 Å². The molecule has 132 valence electrons. The number of amides is 1. The number of oxazole rings is 1. The van der Waals surface area contributed by atoms with Gasteiger partial charge in [0.15, 0.2) is 5.58 Å². The van der Waals surface area contributed by atoms with Crippen LogP contribution < -0.4 is 4.74 Å². The summed E-state index contributed by atoms with van der Waals surface area (Å²) in [5, 5.41) is 0. The molecule has 0 radical (unpaired) electrons. The molecular formula is C21H20N2O3. The van der Waals surface area contributed by atoms with Gasteiger partial charge in [0, 0.05) is 18.7 Å². The summed E-state index contributed by atoms with van der Waals surface area (Å²) in [6.07, 6.45) is 5.16. The van der Waals surface area contributed by atoms with Gasteiger partial charge in [-0.15, -0.1) is 0 Å². The second kappa shape index (κ2) is 7.04. The number of carbonyl (C=O) groups is 1. The number of likely N-dealkylation sites (tertiary alicyclic amines) is 1. The van der Waals surface area contributed by atoms with E-state index in [1.165, 1.54) is 0 Å². The minimum absolute atomic E-state index is 0.0226. The Morgan fingerprint density at radius 2 is 2.04 bits per heavy atom. The van der Waals surface area contributed by atoms with Crippen LogP contribution in [0.4, 0.5) is 0 Å². The largest absolute Gasteiger partial charge is 0.497 e. The predicted octanol–water partition coefficient (Wildman–Crippen LogP) is 4.21. The van der Waals surface area contributed by atoms with Gasteiger partial charge in [-0.2, -0.15) is 0 Å². The molecule has 0 bridgehead atoms. The fourth-order valence-corrected chi connectivity index (χ4v) is 3.40. The number of benzene rings is 2. The molecule has 0 spiro atoms. The number of nitrogens with zero attached hydrogens (tertiary/aromatic N) is 2. The number of hydrogen-bond donors (Lipinski definition) is 0. The van der Waals surface area contributed by atoms with Crippen molar-refractivity contribution < 1.29 is 13.9 Å². The van der Waals surface area contributed by atoms with Crippen molar-refractivity contribution in [1.29, 1.82) is 0 Å². The van der Waals surface area contributed by atoms with Crippen LogP contribution in [0.5, 0.6) is 5.75 Å². The van der Waals surface area contributed by atoms with Gasteiger partial charge in [0.2, 0.25) is 11.8 Å². The molecule has 5 heteroatoms. The normalized spacial score (nSPS) is 17.3. The molecule has 26 heavy (non-hydrogen) atoms. The molecule has 1 unspecified atom stereocenters. The zero-order valence-electron chi connectivity index (χ0n) is 14.6. The third-order valence-electron chi connectivity index (χ3n) is 4.72. The van der Waals surface area contributed by atoms with Crippen molar-refractivity contribution in [3.8, 4) is 5.75 Å². The number of ether oxygens (including phenoxy) is 1. The van der Waals surface area contributed by atoms with Crippen molar-refractivity contribution in [2.75, 3.05) is 13.7 Å². The first-order chi connectivity index (χ1) is 12.7. The van der Waals surface area contributed by atoms with Crippen LogP contribution >= 0.6 is 0 Å². The molecule has 0 saturated carbocycles. The number of methoxy groups -OCH3 is 1. The minimum Gasteiger partial charge on any atom is -0.497 e. The van der Waals surface area contributed by atoms with Gasteiger partial charge in [-0.3, -0.25) is 4.79 Å². The Bertz CT molecular complexity index is 910. The van der Waals surface area contributed by atoms with E-state index in [4.69, 9.17) is 9.15 Å². The van der Waals surface area contributed by atoms with Crippen molar-refractivity contribution in [2.24, 2.45) is 0 Å². The lowest BCUT2D eigenvalue weighted by Crippen LogP contribution is -2.28. The molecular weight excluding hydrogens is 328 g/mol. The second-order valence-electron chi connectivity index (χ2n) is 6.32. The lowest BCUT2D eigenvalue weighted by molar-refractivity contribution is -0.126. The Balaban J connectivity index is 1.50. The third kappa shape index (κ3) is 3.20. The summed E-state index contributed by atoms with van der Waals surface area (Å²) >= 11 is 0. The molecule has 5 nitrogen and oxygen atoms in total. The highest BCUT2D eigenvalue weighted by molar-refractivity contribution is 5.92. The summed E-state index contributed by atoms with van der Waals surface area (Å²) in [6, 6.07) is 15.6. The van der Waals surface area contributed by atoms with E-state index in [2.05, 4.69) is 4.98 Å². The first kappa shape index (κ1) is 16.4. The minimum atomic E-state index is -0.0226. The van der Waals surface area contributed by atoms with E-state index >= 15 is 0 Å². The molecule has 1 amide bonds. The third-order valence-corrected chi connectivity index (χ3v) is 4.72. The summed E-state index contributed by atoms with van der Waals surface area (Å²) in [7, 11) is 1.65. The van der Waals surface area contributed by atoms with Crippen molar-refractivity contribution >= 4 is 23.1 Å². The Hall–Kier alpha value is -3.08. The molecule has 1 atom stereocenters. The molecule has 3 aromatic rings. The van der Waals surface area contributed by atoms with Crippen LogP contribution in [-0.4, -0.2) is 29.4 Å². The van der Waals surface area contributed by atoms with Crippen LogP contribution in [0, 0.1) is 0 Å². The van der Waals surface area contributed by atoms with Gasteiger partial charge in [0.1, 0.15) is 11.3 Å². The van der Waals surface area contributed by atoms with E-state index in [1.54, 1.807) is 19.3 Å². The predicted molar refractivity (Wildman–Crippen MR) is 99.7 cm³/mol. The maximum atomic E-state index is 12.7. The summed E-state index contributed by atoms with van der Waals surface area (Å²) in [6.45, 7) is 0.757. The molecule has 1 fully saturated rings. The summed E-state index contributed by atoms with van der Waals surface area (Å²) in [4.78, 5) is 19.0. The number of para-hydroxylation sites is 2. The van der Waals surface area contributed by atoms with Crippen LogP contribution in [-0.2, 0) is 4.79 Å². The zero-order chi connectivity index (χ0) is 17.9. The molecule has 2 heterocycles. The first-order valence-corrected chi connectivity index (χ1v) is 8.73. The van der Waals surface area contributed by atoms with Gasteiger partial charge in [-0.1, -0.05) is 24.3 Å². The number of hydrogen-bond acceptors (Lipinski definition) is 4. The van der Waals surface area contributed by atoms with Gasteiger partial charge < -0.3 is 14.1 Å². The molecule has 1 saturated heterocycles. The highest BCUT2D eigenvalue weighted by Gasteiger charge is 2.28. The number of carbonyl (C=O) groups excluding carboxylic acids is 1. The van der Waals surface area contributed by atoms with Gasteiger partial charge in [0.05, 0.1) is 13.2 Å². The van der Waals surface area contributed by atoms with Crippen molar-refractivity contribution in [3.05, 3.63) is 66.1 Å². The number of aromatic nitrogens is 1. The SMILES string of the molecule is COc1ccc(C2CCCN2C(=O)/C=C/c2nc3ccccc3o2)cc1. The fraction of sp³-hybridized carbons (Fsp3) is 0.238. The Kier molecular flexibility index (Phi) is 4.44. The Morgan fingerprint density at radius 1 is 1.23 bits per heavy atom. The maximum Gasteiger partial charge on any atom is 0.247 e. The van der Waals surface area contributed by atoms with Gasteiger partial charge in [-0.25, -0.2) is 4.98 Å². The van der Waals surface area contributed by atoms with Crippen molar-refractivity contribution in [2.45, 2.75) is 18.9 Å². The molecule has 0 N–H and O–H groups in total. The molecule has 1 aliphatic heterocycles. The summed E-state index contributed by atoms with van der Waals surface area (Å²) < 4.78 is 10.8. The average Bonchev–Trinajstić information content (AvgIpc) is 3.33. The number of fused-ring (bicyclic) bond motifs is 1. The number of rotatable bonds is 4. The maximum absolute atomic E-state index is 12.7. The van der Waals surface area contributed by atoms with Crippen molar-refractivity contribution in [1.82, 2.24) is 9.88 Å². The van der Waals surface area contributed by atoms with E-state index < -0.39 is 0 Å². The van der Waals surface area contributed by atoms with E-state index in [0.29, 0.717) is 5.89 Å². The first-order valence-electron chi connectivity index (χ1n) is 8.73. The highest BCUT2D eigenvalue weighted by atomic mass is 16.5. The van der Waals surface area contributed by atoms with E-state index in [-0.39, 0.29) is 11.9 Å². The van der Waals surface area contributed by atoms with Crippen LogP contribution in [0.15, 0.2) is 59.0 Å². The van der Waals surface area contributed by atoms with Crippen LogP contribution in [0.3, 0.4) is 0 Å². The Morgan fingerprint density at radius 3 is 2.81 bits per heavy atom. The van der Waals surface area contributed by atoms with E-state index in [1.807, 2.05) is 53.4 Å². The standard InChI is InChI=1S/C21H20N2O3/c1-25-16-10-8-15(9-11-16)18-6-4-14-23(18)21(24)13-12-20-22-17-5-2-3-7-19(17)26-20/h2-3,5,7-13,18H,4,6,14H2,1H3/b13-12+. The second-order valence-corrected chi connectivity index (χ2v) is 6.32. The molecule has 1 aromatic heterocycles. The van der Waals surface area contributed by atoms with Gasteiger partial charge in [-0.05, 0) is 42.7 Å². The van der Waals surface area contributed by atoms with Crippen LogP contribution in [0.1, 0.15) is 30.3 Å². The molecule has 0 aliphatic carbocycles. The van der Waals surface area contributed by atoms with Crippen LogP contribution in [0.25, 0.3) is 17.2 Å². The average molecular weight is 348 g/mol. The zero-order valence-corrected chi connectivity index (χ0v) is 14.6. The molecule has 4 rings (SSSR count). The highest BCUT2D eigenvalue weighted by Crippen LogP contribution is 2.33. The molecule has 1 aliphatic rings. The molecule has 2 aromatic carbocycles. The van der Waals surface area contributed by atoms with Gasteiger partial charge in [0.25, 0.3) is 0 Å². The lowest BCUT2D eigenvalue weighted by atomic mass is 10.0. The van der Waals surface area contributed by atoms with E-state index in [0.717, 1.165) is 41.8 Å².